The van der Waals surface area contributed by atoms with Crippen molar-refractivity contribution in [2.45, 2.75) is 6.10 Å². The summed E-state index contributed by atoms with van der Waals surface area (Å²) in [6.07, 6.45) is 1.48. The zero-order valence-electron chi connectivity index (χ0n) is 14.4. The van der Waals surface area contributed by atoms with Gasteiger partial charge in [0, 0.05) is 16.0 Å². The summed E-state index contributed by atoms with van der Waals surface area (Å²) < 4.78 is 17.8. The lowest BCUT2D eigenvalue weighted by Crippen LogP contribution is -2.25. The molecule has 0 saturated carbocycles. The van der Waals surface area contributed by atoms with Crippen LogP contribution >= 0.6 is 22.9 Å². The predicted octanol–water partition coefficient (Wildman–Crippen LogP) is 5.15. The van der Waals surface area contributed by atoms with Gasteiger partial charge in [0.05, 0.1) is 24.3 Å². The second kappa shape index (κ2) is 6.25. The summed E-state index contributed by atoms with van der Waals surface area (Å²) >= 11 is 7.89. The molecule has 4 aromatic rings. The van der Waals surface area contributed by atoms with Crippen LogP contribution in [0.2, 0.25) is 5.02 Å². The van der Waals surface area contributed by atoms with Crippen LogP contribution in [0.4, 0.5) is 0 Å². The highest BCUT2D eigenvalue weighted by atomic mass is 35.5. The molecule has 0 bridgehead atoms. The SMILES string of the molecule is [CH2][C@@H]1COc2c(ccc3nc(-c4cc(Cl)cc5cc(OC)cnc45)sc23)O1. The molecule has 0 amide bonds. The third-order valence-electron chi connectivity index (χ3n) is 4.37. The largest absolute Gasteiger partial charge is 0.495 e. The number of thiazole rings is 1. The Bertz CT molecular complexity index is 1190. The van der Waals surface area contributed by atoms with E-state index in [0.29, 0.717) is 23.1 Å². The topological polar surface area (TPSA) is 53.5 Å². The highest BCUT2D eigenvalue weighted by molar-refractivity contribution is 7.22. The number of fused-ring (bicyclic) bond motifs is 4. The molecule has 5 nitrogen and oxygen atoms in total. The average molecular weight is 398 g/mol. The van der Waals surface area contributed by atoms with Crippen LogP contribution in [0.25, 0.3) is 31.7 Å². The fourth-order valence-corrected chi connectivity index (χ4v) is 4.45. The number of pyridine rings is 1. The predicted molar refractivity (Wildman–Crippen MR) is 107 cm³/mol. The molecule has 1 atom stereocenters. The van der Waals surface area contributed by atoms with Crippen LogP contribution in [0.3, 0.4) is 0 Å². The third-order valence-corrected chi connectivity index (χ3v) is 5.69. The standard InChI is InChI=1S/C20H14ClN2O3S/c1-10-9-25-18-16(26-10)4-3-15-19(18)27-20(23-15)14-7-12(21)5-11-6-13(24-2)8-22-17(11)14/h3-8,10H,1,9H2,2H3/t10-/m1/s1. The summed E-state index contributed by atoms with van der Waals surface area (Å²) in [6, 6.07) is 9.47. The van der Waals surface area contributed by atoms with Crippen molar-refractivity contribution in [1.29, 1.82) is 0 Å². The van der Waals surface area contributed by atoms with Crippen molar-refractivity contribution >= 4 is 44.1 Å². The maximum atomic E-state index is 6.36. The number of hydrogen-bond donors (Lipinski definition) is 0. The van der Waals surface area contributed by atoms with Crippen LogP contribution in [0.15, 0.2) is 36.5 Å². The van der Waals surface area contributed by atoms with Gasteiger partial charge in [0.25, 0.3) is 0 Å². The van der Waals surface area contributed by atoms with Gasteiger partial charge in [-0.25, -0.2) is 4.98 Å². The van der Waals surface area contributed by atoms with E-state index in [1.807, 2.05) is 30.3 Å². The number of aromatic nitrogens is 2. The first kappa shape index (κ1) is 16.6. The molecule has 0 unspecified atom stereocenters. The quantitative estimate of drug-likeness (QED) is 0.468. The number of methoxy groups -OCH3 is 1. The van der Waals surface area contributed by atoms with Crippen molar-refractivity contribution in [3.8, 4) is 27.8 Å². The maximum absolute atomic E-state index is 6.36. The van der Waals surface area contributed by atoms with E-state index in [2.05, 4.69) is 11.9 Å². The molecule has 0 fully saturated rings. The zero-order valence-corrected chi connectivity index (χ0v) is 15.9. The van der Waals surface area contributed by atoms with E-state index in [1.165, 1.54) is 11.3 Å². The first-order chi connectivity index (χ1) is 13.1. The number of benzene rings is 2. The number of rotatable bonds is 2. The average Bonchev–Trinajstić information content (AvgIpc) is 3.11. The van der Waals surface area contributed by atoms with Crippen LogP contribution in [0.1, 0.15) is 0 Å². The Balaban J connectivity index is 1.72. The molecule has 5 rings (SSSR count). The van der Waals surface area contributed by atoms with Gasteiger partial charge in [-0.3, -0.25) is 4.98 Å². The third kappa shape index (κ3) is 2.76. The Morgan fingerprint density at radius 2 is 2.19 bits per heavy atom. The molecule has 2 aromatic carbocycles. The van der Waals surface area contributed by atoms with Crippen molar-refractivity contribution in [2.24, 2.45) is 0 Å². The summed E-state index contributed by atoms with van der Waals surface area (Å²) in [5.74, 6) is 2.10. The van der Waals surface area contributed by atoms with E-state index >= 15 is 0 Å². The fourth-order valence-electron chi connectivity index (χ4n) is 3.15. The Morgan fingerprint density at radius 3 is 3.04 bits per heavy atom. The lowest BCUT2D eigenvalue weighted by Gasteiger charge is -2.23. The van der Waals surface area contributed by atoms with Gasteiger partial charge in [0.2, 0.25) is 0 Å². The van der Waals surface area contributed by atoms with Gasteiger partial charge in [0.15, 0.2) is 11.5 Å². The minimum atomic E-state index is -0.210. The first-order valence-electron chi connectivity index (χ1n) is 8.32. The molecule has 2 aromatic heterocycles. The minimum Gasteiger partial charge on any atom is -0.495 e. The smallest absolute Gasteiger partial charge is 0.180 e. The van der Waals surface area contributed by atoms with E-state index in [9.17, 15) is 0 Å². The van der Waals surface area contributed by atoms with Crippen molar-refractivity contribution in [1.82, 2.24) is 9.97 Å². The molecular formula is C20H14ClN2O3S. The van der Waals surface area contributed by atoms with E-state index in [1.54, 1.807) is 13.3 Å². The van der Waals surface area contributed by atoms with E-state index in [-0.39, 0.29) is 6.10 Å². The van der Waals surface area contributed by atoms with Gasteiger partial charge in [0.1, 0.15) is 28.2 Å². The van der Waals surface area contributed by atoms with Gasteiger partial charge in [-0.1, -0.05) is 11.6 Å². The number of halogens is 1. The van der Waals surface area contributed by atoms with Crippen LogP contribution in [0.5, 0.6) is 17.2 Å². The summed E-state index contributed by atoms with van der Waals surface area (Å²) in [5.41, 5.74) is 2.55. The highest BCUT2D eigenvalue weighted by Gasteiger charge is 2.23. The summed E-state index contributed by atoms with van der Waals surface area (Å²) in [4.78, 5) is 9.34. The van der Waals surface area contributed by atoms with E-state index < -0.39 is 0 Å². The Kier molecular flexibility index (Phi) is 3.84. The summed E-state index contributed by atoms with van der Waals surface area (Å²) in [6.45, 7) is 4.31. The maximum Gasteiger partial charge on any atom is 0.180 e. The fraction of sp³-hybridized carbons (Fsp3) is 0.150. The van der Waals surface area contributed by atoms with Crippen molar-refractivity contribution in [3.63, 3.8) is 0 Å². The number of ether oxygens (including phenoxy) is 3. The Labute approximate surface area is 164 Å². The first-order valence-corrected chi connectivity index (χ1v) is 9.51. The normalized spacial score (nSPS) is 16.0. The second-order valence-electron chi connectivity index (χ2n) is 6.21. The number of hydrogen-bond acceptors (Lipinski definition) is 6. The Hall–Kier alpha value is -2.57. The second-order valence-corrected chi connectivity index (χ2v) is 7.65. The Morgan fingerprint density at radius 1 is 1.30 bits per heavy atom. The van der Waals surface area contributed by atoms with E-state index in [0.717, 1.165) is 37.4 Å². The molecule has 0 aliphatic carbocycles. The van der Waals surface area contributed by atoms with E-state index in [4.69, 9.17) is 30.8 Å². The molecule has 0 spiro atoms. The number of nitrogens with zero attached hydrogens (tertiary/aromatic N) is 2. The van der Waals surface area contributed by atoms with Crippen LogP contribution in [0, 0.1) is 6.92 Å². The summed E-state index contributed by atoms with van der Waals surface area (Å²) in [5, 5.41) is 2.34. The van der Waals surface area contributed by atoms with Crippen LogP contribution < -0.4 is 14.2 Å². The molecule has 1 aliphatic heterocycles. The van der Waals surface area contributed by atoms with Crippen LogP contribution in [-0.2, 0) is 0 Å². The van der Waals surface area contributed by atoms with Crippen molar-refractivity contribution in [2.75, 3.05) is 13.7 Å². The molecule has 3 heterocycles. The van der Waals surface area contributed by atoms with Crippen LogP contribution in [-0.4, -0.2) is 29.8 Å². The molecule has 0 N–H and O–H groups in total. The highest BCUT2D eigenvalue weighted by Crippen LogP contribution is 2.44. The lowest BCUT2D eigenvalue weighted by atomic mass is 10.1. The van der Waals surface area contributed by atoms with Crippen molar-refractivity contribution < 1.29 is 14.2 Å². The zero-order chi connectivity index (χ0) is 18.5. The monoisotopic (exact) mass is 397 g/mol. The summed E-state index contributed by atoms with van der Waals surface area (Å²) in [7, 11) is 1.61. The van der Waals surface area contributed by atoms with Gasteiger partial charge in [-0.05, 0) is 37.3 Å². The minimum absolute atomic E-state index is 0.210. The molecular weight excluding hydrogens is 384 g/mol. The van der Waals surface area contributed by atoms with Gasteiger partial charge in [-0.2, -0.15) is 0 Å². The lowest BCUT2D eigenvalue weighted by molar-refractivity contribution is 0.123. The van der Waals surface area contributed by atoms with Crippen molar-refractivity contribution in [3.05, 3.63) is 48.5 Å². The van der Waals surface area contributed by atoms with Gasteiger partial charge >= 0.3 is 0 Å². The molecule has 1 aliphatic rings. The van der Waals surface area contributed by atoms with Gasteiger partial charge in [-0.15, -0.1) is 11.3 Å². The molecule has 135 valence electrons. The molecule has 0 saturated heterocycles. The molecule has 1 radical (unpaired) electrons. The van der Waals surface area contributed by atoms with Gasteiger partial charge < -0.3 is 14.2 Å². The molecule has 27 heavy (non-hydrogen) atoms. The molecule has 7 heteroatoms.